The lowest BCUT2D eigenvalue weighted by Crippen LogP contribution is -2.08. The van der Waals surface area contributed by atoms with E-state index in [-0.39, 0.29) is 16.6 Å². The van der Waals surface area contributed by atoms with Gasteiger partial charge in [-0.15, -0.1) is 11.6 Å². The van der Waals surface area contributed by atoms with Crippen molar-refractivity contribution in [1.82, 2.24) is 0 Å². The van der Waals surface area contributed by atoms with Gasteiger partial charge in [-0.1, -0.05) is 0 Å². The van der Waals surface area contributed by atoms with Crippen molar-refractivity contribution in [1.29, 1.82) is 0 Å². The number of hydrogen-bond donors (Lipinski definition) is 0. The zero-order valence-electron chi connectivity index (χ0n) is 9.32. The van der Waals surface area contributed by atoms with Crippen molar-refractivity contribution in [2.24, 2.45) is 0 Å². The van der Waals surface area contributed by atoms with Crippen molar-refractivity contribution in [2.45, 2.75) is 24.4 Å². The summed E-state index contributed by atoms with van der Waals surface area (Å²) in [6.07, 6.45) is -5.56. The molecule has 1 aromatic carbocycles. The van der Waals surface area contributed by atoms with E-state index in [9.17, 15) is 17.6 Å². The Morgan fingerprint density at radius 3 is 2.50 bits per heavy atom. The molecule has 102 valence electrons. The van der Waals surface area contributed by atoms with Crippen LogP contribution in [0.4, 0.5) is 17.6 Å². The Bertz CT molecular complexity index is 422. The van der Waals surface area contributed by atoms with E-state index in [0.717, 1.165) is 6.07 Å². The van der Waals surface area contributed by atoms with Gasteiger partial charge in [-0.25, -0.2) is 4.39 Å². The second-order valence-electron chi connectivity index (χ2n) is 3.63. The summed E-state index contributed by atoms with van der Waals surface area (Å²) in [6, 6.07) is 2.42. The van der Waals surface area contributed by atoms with Gasteiger partial charge in [0.25, 0.3) is 0 Å². The number of ether oxygens (including phenoxy) is 1. The Morgan fingerprint density at radius 2 is 2.00 bits per heavy atom. The molecule has 1 atom stereocenters. The fourth-order valence-corrected chi connectivity index (χ4v) is 2.05. The molecule has 1 unspecified atom stereocenters. The highest BCUT2D eigenvalue weighted by atomic mass is 79.9. The van der Waals surface area contributed by atoms with Crippen LogP contribution in [0.15, 0.2) is 16.6 Å². The molecule has 1 aromatic rings. The normalized spacial score (nSPS) is 13.5. The first kappa shape index (κ1) is 15.6. The molecule has 0 aromatic heterocycles. The van der Waals surface area contributed by atoms with Gasteiger partial charge in [0.2, 0.25) is 0 Å². The highest BCUT2D eigenvalue weighted by Gasteiger charge is 2.29. The molecule has 0 N–H and O–H groups in total. The van der Waals surface area contributed by atoms with E-state index in [1.165, 1.54) is 13.2 Å². The molecule has 0 heterocycles. The van der Waals surface area contributed by atoms with Crippen LogP contribution in [-0.2, 0) is 0 Å². The standard InChI is InChI=1S/C11H10BrClF4O/c1-18-10-5-9(14)7(12)4-6(10)8(13)2-3-11(15,16)17/h4-5,8H,2-3H2,1H3. The summed E-state index contributed by atoms with van der Waals surface area (Å²) in [5.41, 5.74) is 0.330. The van der Waals surface area contributed by atoms with Crippen LogP contribution in [0.25, 0.3) is 0 Å². The first-order chi connectivity index (χ1) is 8.24. The first-order valence-electron chi connectivity index (χ1n) is 4.98. The molecule has 0 amide bonds. The molecule has 0 spiro atoms. The molecule has 0 saturated carbocycles. The summed E-state index contributed by atoms with van der Waals surface area (Å²) in [7, 11) is 1.31. The fraction of sp³-hybridized carbons (Fsp3) is 0.455. The van der Waals surface area contributed by atoms with Crippen molar-refractivity contribution in [2.75, 3.05) is 7.11 Å². The van der Waals surface area contributed by atoms with Crippen LogP contribution in [-0.4, -0.2) is 13.3 Å². The molecule has 0 saturated heterocycles. The maximum absolute atomic E-state index is 13.2. The molecule has 0 radical (unpaired) electrons. The van der Waals surface area contributed by atoms with Gasteiger partial charge < -0.3 is 4.74 Å². The Morgan fingerprint density at radius 1 is 1.39 bits per heavy atom. The second-order valence-corrected chi connectivity index (χ2v) is 5.01. The minimum Gasteiger partial charge on any atom is -0.496 e. The van der Waals surface area contributed by atoms with Gasteiger partial charge in [0, 0.05) is 18.1 Å². The summed E-state index contributed by atoms with van der Waals surface area (Å²) in [5, 5.41) is -0.890. The Hall–Kier alpha value is -0.490. The topological polar surface area (TPSA) is 9.23 Å². The third-order valence-electron chi connectivity index (χ3n) is 2.29. The van der Waals surface area contributed by atoms with Crippen LogP contribution in [0, 0.1) is 5.82 Å². The van der Waals surface area contributed by atoms with Gasteiger partial charge in [-0.3, -0.25) is 0 Å². The highest BCUT2D eigenvalue weighted by Crippen LogP contribution is 2.38. The van der Waals surface area contributed by atoms with Gasteiger partial charge in [-0.2, -0.15) is 13.2 Å². The third kappa shape index (κ3) is 4.31. The lowest BCUT2D eigenvalue weighted by atomic mass is 10.1. The van der Waals surface area contributed by atoms with Crippen molar-refractivity contribution >= 4 is 27.5 Å². The lowest BCUT2D eigenvalue weighted by Gasteiger charge is -2.15. The molecule has 7 heteroatoms. The smallest absolute Gasteiger partial charge is 0.389 e. The highest BCUT2D eigenvalue weighted by molar-refractivity contribution is 9.10. The molecule has 0 aliphatic heterocycles. The quantitative estimate of drug-likeness (QED) is 0.535. The van der Waals surface area contributed by atoms with Crippen LogP contribution in [0.1, 0.15) is 23.8 Å². The van der Waals surface area contributed by atoms with E-state index >= 15 is 0 Å². The minimum absolute atomic E-state index is 0.135. The van der Waals surface area contributed by atoms with Crippen molar-refractivity contribution in [3.8, 4) is 5.75 Å². The van der Waals surface area contributed by atoms with Crippen LogP contribution in [0.3, 0.4) is 0 Å². The molecule has 0 aliphatic carbocycles. The Balaban J connectivity index is 2.91. The number of methoxy groups -OCH3 is 1. The molecular formula is C11H10BrClF4O. The number of benzene rings is 1. The predicted molar refractivity (Wildman–Crippen MR) is 64.5 cm³/mol. The molecule has 0 bridgehead atoms. The average molecular weight is 350 g/mol. The average Bonchev–Trinajstić information content (AvgIpc) is 2.28. The van der Waals surface area contributed by atoms with Gasteiger partial charge in [0.05, 0.1) is 17.0 Å². The number of rotatable bonds is 4. The molecular weight excluding hydrogens is 339 g/mol. The maximum Gasteiger partial charge on any atom is 0.389 e. The molecule has 1 nitrogen and oxygen atoms in total. The minimum atomic E-state index is -4.27. The summed E-state index contributed by atoms with van der Waals surface area (Å²) in [6.45, 7) is 0. The summed E-state index contributed by atoms with van der Waals surface area (Å²) in [4.78, 5) is 0. The van der Waals surface area contributed by atoms with E-state index in [0.29, 0.717) is 5.56 Å². The summed E-state index contributed by atoms with van der Waals surface area (Å²) >= 11 is 8.85. The van der Waals surface area contributed by atoms with Crippen LogP contribution >= 0.6 is 27.5 Å². The monoisotopic (exact) mass is 348 g/mol. The fourth-order valence-electron chi connectivity index (χ4n) is 1.41. The Kier molecular flexibility index (Phi) is 5.28. The molecule has 18 heavy (non-hydrogen) atoms. The van der Waals surface area contributed by atoms with E-state index in [1.54, 1.807) is 0 Å². The van der Waals surface area contributed by atoms with E-state index < -0.39 is 23.8 Å². The first-order valence-corrected chi connectivity index (χ1v) is 6.21. The van der Waals surface area contributed by atoms with E-state index in [2.05, 4.69) is 15.9 Å². The number of halogens is 6. The summed E-state index contributed by atoms with van der Waals surface area (Å²) < 4.78 is 54.6. The third-order valence-corrected chi connectivity index (χ3v) is 3.35. The van der Waals surface area contributed by atoms with Crippen molar-refractivity contribution in [3.05, 3.63) is 28.0 Å². The maximum atomic E-state index is 13.2. The Labute approximate surface area is 115 Å². The summed E-state index contributed by atoms with van der Waals surface area (Å²) in [5.74, 6) is -0.423. The molecule has 1 rings (SSSR count). The van der Waals surface area contributed by atoms with Crippen molar-refractivity contribution in [3.63, 3.8) is 0 Å². The number of hydrogen-bond acceptors (Lipinski definition) is 1. The lowest BCUT2D eigenvalue weighted by molar-refractivity contribution is -0.135. The largest absolute Gasteiger partial charge is 0.496 e. The SMILES string of the molecule is COc1cc(F)c(Br)cc1C(Cl)CCC(F)(F)F. The molecule has 0 fully saturated rings. The van der Waals surface area contributed by atoms with Crippen molar-refractivity contribution < 1.29 is 22.3 Å². The van der Waals surface area contributed by atoms with E-state index in [1.807, 2.05) is 0 Å². The van der Waals surface area contributed by atoms with Crippen LogP contribution in [0.2, 0.25) is 0 Å². The zero-order chi connectivity index (χ0) is 13.9. The van der Waals surface area contributed by atoms with Gasteiger partial charge >= 0.3 is 6.18 Å². The second kappa shape index (κ2) is 6.10. The van der Waals surface area contributed by atoms with Gasteiger partial charge in [0.1, 0.15) is 11.6 Å². The van der Waals surface area contributed by atoms with Crippen LogP contribution < -0.4 is 4.74 Å². The van der Waals surface area contributed by atoms with Crippen LogP contribution in [0.5, 0.6) is 5.75 Å². The zero-order valence-corrected chi connectivity index (χ0v) is 11.7. The molecule has 0 aliphatic rings. The predicted octanol–water partition coefficient (Wildman–Crippen LogP) is 5.22. The van der Waals surface area contributed by atoms with Gasteiger partial charge in [0.15, 0.2) is 0 Å². The van der Waals surface area contributed by atoms with E-state index in [4.69, 9.17) is 16.3 Å². The van der Waals surface area contributed by atoms with Gasteiger partial charge in [-0.05, 0) is 28.4 Å². The number of alkyl halides is 4.